The predicted molar refractivity (Wildman–Crippen MR) is 123 cm³/mol. The minimum Gasteiger partial charge on any atom is -0.493 e. The molecule has 190 valence electrons. The molecule has 4 rings (SSSR count). The van der Waals surface area contributed by atoms with E-state index in [0.717, 1.165) is 24.9 Å². The van der Waals surface area contributed by atoms with E-state index >= 15 is 0 Å². The Morgan fingerprint density at radius 1 is 1.09 bits per heavy atom. The predicted octanol–water partition coefficient (Wildman–Crippen LogP) is 5.18. The summed E-state index contributed by atoms with van der Waals surface area (Å²) in [6, 6.07) is 7.13. The Hall–Kier alpha value is -3.01. The monoisotopic (exact) mass is 495 g/mol. The van der Waals surface area contributed by atoms with Crippen molar-refractivity contribution in [2.75, 3.05) is 33.1 Å². The Morgan fingerprint density at radius 2 is 1.83 bits per heavy atom. The van der Waals surface area contributed by atoms with Gasteiger partial charge in [0.05, 0.1) is 25.5 Å². The molecular weight excluding hydrogens is 466 g/mol. The van der Waals surface area contributed by atoms with Crippen molar-refractivity contribution >= 4 is 11.7 Å². The van der Waals surface area contributed by atoms with Crippen molar-refractivity contribution in [1.29, 1.82) is 0 Å². The van der Waals surface area contributed by atoms with Gasteiger partial charge in [0, 0.05) is 17.5 Å². The number of urea groups is 1. The summed E-state index contributed by atoms with van der Waals surface area (Å²) in [6.45, 7) is 0.896. The first-order valence-corrected chi connectivity index (χ1v) is 11.4. The van der Waals surface area contributed by atoms with Crippen molar-refractivity contribution in [3.63, 3.8) is 0 Å². The number of anilines is 1. The number of nitrogens with zero attached hydrogens (tertiary/aromatic N) is 1. The zero-order valence-corrected chi connectivity index (χ0v) is 19.8. The summed E-state index contributed by atoms with van der Waals surface area (Å²) in [7, 11) is 5.24. The fourth-order valence-corrected chi connectivity index (χ4v) is 5.54. The number of fused-ring (bicyclic) bond motifs is 1. The van der Waals surface area contributed by atoms with Crippen molar-refractivity contribution in [1.82, 2.24) is 10.2 Å². The standard InChI is InChI=1S/C25H29F4N3O3/c1-32-11-10-24(15-5-7-20(34-2)21(13-15)35-3)9-8-17(14-22(24)32)30-23(33)31-19-12-16(25(27,28)29)4-6-18(19)26/h4-7,12-13,17,22H,8-11,14H2,1-3H3,(H2,30,31,33)/t17-,22+,24+/m1/s1. The molecule has 0 unspecified atom stereocenters. The van der Waals surface area contributed by atoms with Crippen LogP contribution in [0.25, 0.3) is 0 Å². The highest BCUT2D eigenvalue weighted by atomic mass is 19.4. The Labute approximate surface area is 201 Å². The van der Waals surface area contributed by atoms with Gasteiger partial charge in [0.2, 0.25) is 0 Å². The lowest BCUT2D eigenvalue weighted by atomic mass is 9.65. The molecule has 2 fully saturated rings. The number of hydrogen-bond acceptors (Lipinski definition) is 4. The lowest BCUT2D eigenvalue weighted by Crippen LogP contribution is -2.52. The number of hydrogen-bond donors (Lipinski definition) is 2. The Balaban J connectivity index is 1.48. The van der Waals surface area contributed by atoms with Crippen LogP contribution in [0.1, 0.15) is 36.8 Å². The van der Waals surface area contributed by atoms with Crippen molar-refractivity contribution in [2.24, 2.45) is 0 Å². The average Bonchev–Trinajstić information content (AvgIpc) is 3.16. The molecule has 1 aliphatic carbocycles. The molecular formula is C25H29F4N3O3. The molecule has 1 saturated carbocycles. The maximum atomic E-state index is 14.0. The molecule has 2 aromatic carbocycles. The second kappa shape index (κ2) is 9.56. The normalized spacial score (nSPS) is 24.5. The van der Waals surface area contributed by atoms with Crippen LogP contribution in [-0.2, 0) is 11.6 Å². The Morgan fingerprint density at radius 3 is 2.51 bits per heavy atom. The van der Waals surface area contributed by atoms with Gasteiger partial charge in [-0.1, -0.05) is 6.07 Å². The maximum absolute atomic E-state index is 14.0. The van der Waals surface area contributed by atoms with Crippen molar-refractivity contribution in [3.05, 3.63) is 53.3 Å². The van der Waals surface area contributed by atoms with Crippen LogP contribution in [0.4, 0.5) is 28.0 Å². The Bertz CT molecular complexity index is 1090. The van der Waals surface area contributed by atoms with Gasteiger partial charge in [0.25, 0.3) is 0 Å². The van der Waals surface area contributed by atoms with Gasteiger partial charge >= 0.3 is 12.2 Å². The zero-order valence-electron chi connectivity index (χ0n) is 19.8. The van der Waals surface area contributed by atoms with Crippen molar-refractivity contribution < 1.29 is 31.8 Å². The molecule has 0 aromatic heterocycles. The van der Waals surface area contributed by atoms with E-state index in [2.05, 4.69) is 21.6 Å². The Kier molecular flexibility index (Phi) is 6.86. The summed E-state index contributed by atoms with van der Waals surface area (Å²) in [4.78, 5) is 14.8. The highest BCUT2D eigenvalue weighted by Gasteiger charge is 2.50. The van der Waals surface area contributed by atoms with Crippen LogP contribution in [0.3, 0.4) is 0 Å². The van der Waals surface area contributed by atoms with Crippen LogP contribution in [0.15, 0.2) is 36.4 Å². The fourth-order valence-electron chi connectivity index (χ4n) is 5.54. The van der Waals surface area contributed by atoms with Gasteiger partial charge < -0.3 is 25.0 Å². The SMILES string of the molecule is COc1ccc([C@@]23CC[C@@H](NC(=O)Nc4cc(C(F)(F)F)ccc4F)C[C@@H]2N(C)CC3)cc1OC. The van der Waals surface area contributed by atoms with E-state index in [-0.39, 0.29) is 17.5 Å². The second-order valence-corrected chi connectivity index (χ2v) is 9.23. The molecule has 1 aliphatic heterocycles. The highest BCUT2D eigenvalue weighted by Crippen LogP contribution is 2.49. The molecule has 6 nitrogen and oxygen atoms in total. The first kappa shape index (κ1) is 25.1. The number of carbonyl (C=O) groups excluding carboxylic acids is 1. The molecule has 35 heavy (non-hydrogen) atoms. The number of likely N-dealkylation sites (N-methyl/N-ethyl adjacent to an activating group) is 1. The van der Waals surface area contributed by atoms with Gasteiger partial charge in [-0.2, -0.15) is 13.2 Å². The molecule has 1 heterocycles. The molecule has 2 aliphatic rings. The minimum atomic E-state index is -4.63. The summed E-state index contributed by atoms with van der Waals surface area (Å²) < 4.78 is 63.8. The van der Waals surface area contributed by atoms with Gasteiger partial charge in [-0.25, -0.2) is 9.18 Å². The molecule has 2 aromatic rings. The fraction of sp³-hybridized carbons (Fsp3) is 0.480. The lowest BCUT2D eigenvalue weighted by Gasteiger charge is -2.45. The average molecular weight is 496 g/mol. The van der Waals surface area contributed by atoms with E-state index in [0.29, 0.717) is 42.5 Å². The first-order valence-electron chi connectivity index (χ1n) is 11.4. The number of rotatable bonds is 5. The molecule has 0 radical (unpaired) electrons. The van der Waals surface area contributed by atoms with Gasteiger partial charge in [-0.05, 0) is 75.2 Å². The largest absolute Gasteiger partial charge is 0.493 e. The van der Waals surface area contributed by atoms with E-state index in [1.807, 2.05) is 19.2 Å². The number of halogens is 4. The second-order valence-electron chi connectivity index (χ2n) is 9.23. The summed E-state index contributed by atoms with van der Waals surface area (Å²) in [6.07, 6.45) is -1.54. The number of carbonyl (C=O) groups is 1. The van der Waals surface area contributed by atoms with Crippen LogP contribution in [-0.4, -0.2) is 50.8 Å². The highest BCUT2D eigenvalue weighted by molar-refractivity contribution is 5.89. The smallest absolute Gasteiger partial charge is 0.416 e. The van der Waals surface area contributed by atoms with Crippen LogP contribution >= 0.6 is 0 Å². The van der Waals surface area contributed by atoms with Gasteiger partial charge in [-0.15, -0.1) is 0 Å². The number of ether oxygens (including phenoxy) is 2. The van der Waals surface area contributed by atoms with E-state index in [4.69, 9.17) is 9.47 Å². The van der Waals surface area contributed by atoms with Crippen molar-refractivity contribution in [3.8, 4) is 11.5 Å². The zero-order chi connectivity index (χ0) is 25.4. The first-order chi connectivity index (χ1) is 16.6. The topological polar surface area (TPSA) is 62.8 Å². The van der Waals surface area contributed by atoms with Crippen molar-refractivity contribution in [2.45, 2.75) is 49.4 Å². The number of nitrogens with one attached hydrogen (secondary N) is 2. The molecule has 0 spiro atoms. The number of likely N-dealkylation sites (tertiary alicyclic amines) is 1. The summed E-state index contributed by atoms with van der Waals surface area (Å²) >= 11 is 0. The molecule has 3 atom stereocenters. The summed E-state index contributed by atoms with van der Waals surface area (Å²) in [5.74, 6) is 0.389. The van der Waals surface area contributed by atoms with Gasteiger partial charge in [0.15, 0.2) is 11.5 Å². The summed E-state index contributed by atoms with van der Waals surface area (Å²) in [5.41, 5.74) is -0.501. The molecule has 0 bridgehead atoms. The lowest BCUT2D eigenvalue weighted by molar-refractivity contribution is -0.137. The van der Waals surface area contributed by atoms with Gasteiger partial charge in [-0.3, -0.25) is 0 Å². The molecule has 10 heteroatoms. The van der Waals surface area contributed by atoms with Crippen LogP contribution in [0.2, 0.25) is 0 Å². The van der Waals surface area contributed by atoms with Crippen LogP contribution in [0.5, 0.6) is 11.5 Å². The third kappa shape index (κ3) is 4.89. The van der Waals surface area contributed by atoms with Crippen LogP contribution in [0, 0.1) is 5.82 Å². The minimum absolute atomic E-state index is 0.115. The third-order valence-corrected chi connectivity index (χ3v) is 7.36. The van der Waals surface area contributed by atoms with Gasteiger partial charge in [0.1, 0.15) is 5.82 Å². The third-order valence-electron chi connectivity index (χ3n) is 7.36. The number of methoxy groups -OCH3 is 2. The maximum Gasteiger partial charge on any atom is 0.416 e. The van der Waals surface area contributed by atoms with E-state index in [1.165, 1.54) is 0 Å². The van der Waals surface area contributed by atoms with Crippen LogP contribution < -0.4 is 20.1 Å². The number of benzene rings is 2. The van der Waals surface area contributed by atoms with E-state index in [9.17, 15) is 22.4 Å². The molecule has 2 N–H and O–H groups in total. The van der Waals surface area contributed by atoms with E-state index in [1.54, 1.807) is 14.2 Å². The molecule has 1 saturated heterocycles. The summed E-state index contributed by atoms with van der Waals surface area (Å²) in [5, 5.41) is 5.07. The quantitative estimate of drug-likeness (QED) is 0.562. The number of amides is 2. The number of alkyl halides is 3. The van der Waals surface area contributed by atoms with E-state index < -0.39 is 29.3 Å². The molecule has 2 amide bonds.